The molecule has 0 saturated carbocycles. The summed E-state index contributed by atoms with van der Waals surface area (Å²) in [5, 5.41) is 0. The van der Waals surface area contributed by atoms with Gasteiger partial charge in [-0.15, -0.1) is 0 Å². The molecule has 0 amide bonds. The van der Waals surface area contributed by atoms with Crippen LogP contribution < -0.4 is 0 Å². The van der Waals surface area contributed by atoms with Crippen molar-refractivity contribution in [1.82, 2.24) is 4.90 Å². The first-order chi connectivity index (χ1) is 8.29. The van der Waals surface area contributed by atoms with E-state index in [1.807, 2.05) is 0 Å². The van der Waals surface area contributed by atoms with E-state index in [9.17, 15) is 0 Å². The number of nitrogens with zero attached hydrogens (tertiary/aromatic N) is 1. The van der Waals surface area contributed by atoms with Crippen molar-refractivity contribution in [2.75, 3.05) is 53.7 Å². The van der Waals surface area contributed by atoms with Crippen LogP contribution in [0.2, 0.25) is 0 Å². The smallest absolute Gasteiger partial charge is 0.0701 e. The van der Waals surface area contributed by atoms with E-state index in [1.54, 1.807) is 14.2 Å². The fraction of sp³-hybridized carbons (Fsp3) is 1.00. The van der Waals surface area contributed by atoms with Gasteiger partial charge in [-0.3, -0.25) is 4.90 Å². The lowest BCUT2D eigenvalue weighted by Gasteiger charge is -2.30. The van der Waals surface area contributed by atoms with Gasteiger partial charge in [0.15, 0.2) is 0 Å². The van der Waals surface area contributed by atoms with E-state index < -0.39 is 0 Å². The summed E-state index contributed by atoms with van der Waals surface area (Å²) in [5.41, 5.74) is 0. The molecule has 4 nitrogen and oxygen atoms in total. The lowest BCUT2D eigenvalue weighted by molar-refractivity contribution is 0.00366. The summed E-state index contributed by atoms with van der Waals surface area (Å²) < 4.78 is 15.8. The van der Waals surface area contributed by atoms with Crippen LogP contribution in [-0.2, 0) is 14.2 Å². The van der Waals surface area contributed by atoms with Crippen molar-refractivity contribution >= 4 is 0 Å². The maximum Gasteiger partial charge on any atom is 0.0701 e. The molecule has 0 heterocycles. The van der Waals surface area contributed by atoms with Crippen LogP contribution in [0.5, 0.6) is 0 Å². The summed E-state index contributed by atoms with van der Waals surface area (Å²) in [7, 11) is 3.44. The zero-order valence-electron chi connectivity index (χ0n) is 11.9. The molecule has 0 saturated heterocycles. The lowest BCUT2D eigenvalue weighted by atomic mass is 10.2. The number of likely N-dealkylation sites (N-methyl/N-ethyl adjacent to an activating group) is 1. The van der Waals surface area contributed by atoms with Gasteiger partial charge in [0, 0.05) is 14.2 Å². The summed E-state index contributed by atoms with van der Waals surface area (Å²) in [6.45, 7) is 9.32. The van der Waals surface area contributed by atoms with Gasteiger partial charge in [0.1, 0.15) is 0 Å². The molecule has 0 N–H and O–H groups in total. The minimum atomic E-state index is 0.355. The topological polar surface area (TPSA) is 30.9 Å². The van der Waals surface area contributed by atoms with Crippen LogP contribution in [0, 0.1) is 0 Å². The third kappa shape index (κ3) is 8.55. The van der Waals surface area contributed by atoms with Crippen molar-refractivity contribution in [3.05, 3.63) is 0 Å². The van der Waals surface area contributed by atoms with Gasteiger partial charge < -0.3 is 14.2 Å². The molecule has 0 aliphatic heterocycles. The number of hydrogen-bond acceptors (Lipinski definition) is 4. The van der Waals surface area contributed by atoms with Gasteiger partial charge in [-0.1, -0.05) is 20.3 Å². The van der Waals surface area contributed by atoms with E-state index in [-0.39, 0.29) is 0 Å². The molecule has 0 fully saturated rings. The predicted octanol–water partition coefficient (Wildman–Crippen LogP) is 1.79. The van der Waals surface area contributed by atoms with Gasteiger partial charge in [0.05, 0.1) is 32.5 Å². The summed E-state index contributed by atoms with van der Waals surface area (Å²) in [4.78, 5) is 2.43. The van der Waals surface area contributed by atoms with Gasteiger partial charge in [-0.2, -0.15) is 0 Å². The van der Waals surface area contributed by atoms with Gasteiger partial charge in [-0.05, 0) is 19.5 Å². The van der Waals surface area contributed by atoms with E-state index in [4.69, 9.17) is 14.2 Å². The second-order valence-corrected chi connectivity index (χ2v) is 4.16. The van der Waals surface area contributed by atoms with Crippen LogP contribution >= 0.6 is 0 Å². The molecule has 0 aromatic carbocycles. The maximum absolute atomic E-state index is 5.60. The maximum atomic E-state index is 5.60. The Balaban J connectivity index is 3.97. The van der Waals surface area contributed by atoms with Crippen LogP contribution in [0.15, 0.2) is 0 Å². The Bertz CT molecular complexity index is 156. The summed E-state index contributed by atoms with van der Waals surface area (Å²) in [5.74, 6) is 0. The standard InChI is InChI=1S/C13H29NO3/c1-5-7-8-14(6-2)13(11-16-4)12-17-10-9-15-3/h13H,5-12H2,1-4H3. The Hall–Kier alpha value is -0.160. The number of unbranched alkanes of at least 4 members (excludes halogenated alkanes) is 1. The van der Waals surface area contributed by atoms with Gasteiger partial charge in [-0.25, -0.2) is 0 Å². The average Bonchev–Trinajstić information content (AvgIpc) is 2.35. The van der Waals surface area contributed by atoms with E-state index in [0.29, 0.717) is 19.3 Å². The van der Waals surface area contributed by atoms with Crippen LogP contribution in [0.3, 0.4) is 0 Å². The highest BCUT2D eigenvalue weighted by Gasteiger charge is 2.16. The van der Waals surface area contributed by atoms with Crippen LogP contribution in [0.1, 0.15) is 26.7 Å². The minimum absolute atomic E-state index is 0.355. The first-order valence-electron chi connectivity index (χ1n) is 6.59. The van der Waals surface area contributed by atoms with E-state index in [1.165, 1.54) is 12.8 Å². The first kappa shape index (κ1) is 16.8. The highest BCUT2D eigenvalue weighted by Crippen LogP contribution is 2.04. The SMILES string of the molecule is CCCCN(CC)C(COC)COCCOC. The van der Waals surface area contributed by atoms with Crippen LogP contribution in [0.25, 0.3) is 0 Å². The minimum Gasteiger partial charge on any atom is -0.383 e. The largest absolute Gasteiger partial charge is 0.383 e. The van der Waals surface area contributed by atoms with Crippen molar-refractivity contribution in [3.63, 3.8) is 0 Å². The quantitative estimate of drug-likeness (QED) is 0.492. The zero-order valence-corrected chi connectivity index (χ0v) is 11.9. The predicted molar refractivity (Wildman–Crippen MR) is 70.5 cm³/mol. The molecule has 1 unspecified atom stereocenters. The number of ether oxygens (including phenoxy) is 3. The van der Waals surface area contributed by atoms with Gasteiger partial charge in [0.25, 0.3) is 0 Å². The molecule has 0 spiro atoms. The Morgan fingerprint density at radius 3 is 2.29 bits per heavy atom. The third-order valence-corrected chi connectivity index (χ3v) is 2.82. The Kier molecular flexibility index (Phi) is 12.2. The summed E-state index contributed by atoms with van der Waals surface area (Å²) >= 11 is 0. The first-order valence-corrected chi connectivity index (χ1v) is 6.59. The molecular weight excluding hydrogens is 218 g/mol. The fourth-order valence-corrected chi connectivity index (χ4v) is 1.77. The molecule has 0 aromatic heterocycles. The molecule has 1 atom stereocenters. The molecule has 0 aliphatic rings. The zero-order chi connectivity index (χ0) is 12.9. The molecule has 104 valence electrons. The third-order valence-electron chi connectivity index (χ3n) is 2.82. The van der Waals surface area contributed by atoms with Crippen molar-refractivity contribution < 1.29 is 14.2 Å². The average molecular weight is 247 g/mol. The number of rotatable bonds is 12. The van der Waals surface area contributed by atoms with Crippen molar-refractivity contribution in [3.8, 4) is 0 Å². The Morgan fingerprint density at radius 2 is 1.76 bits per heavy atom. The number of methoxy groups -OCH3 is 2. The molecule has 0 aromatic rings. The Morgan fingerprint density at radius 1 is 1.00 bits per heavy atom. The van der Waals surface area contributed by atoms with Crippen molar-refractivity contribution in [2.24, 2.45) is 0 Å². The Labute approximate surface area is 106 Å². The second kappa shape index (κ2) is 12.3. The van der Waals surface area contributed by atoms with Crippen LogP contribution in [-0.4, -0.2) is 64.7 Å². The van der Waals surface area contributed by atoms with Gasteiger partial charge in [0.2, 0.25) is 0 Å². The molecule has 0 radical (unpaired) electrons. The lowest BCUT2D eigenvalue weighted by Crippen LogP contribution is -2.42. The molecule has 0 aliphatic carbocycles. The second-order valence-electron chi connectivity index (χ2n) is 4.16. The molecule has 17 heavy (non-hydrogen) atoms. The summed E-state index contributed by atoms with van der Waals surface area (Å²) in [6.07, 6.45) is 2.45. The van der Waals surface area contributed by atoms with Crippen molar-refractivity contribution in [1.29, 1.82) is 0 Å². The molecule has 0 rings (SSSR count). The van der Waals surface area contributed by atoms with E-state index in [0.717, 1.165) is 26.3 Å². The highest BCUT2D eigenvalue weighted by molar-refractivity contribution is 4.70. The highest BCUT2D eigenvalue weighted by atomic mass is 16.5. The molecule has 0 bridgehead atoms. The number of hydrogen-bond donors (Lipinski definition) is 0. The molecule has 4 heteroatoms. The van der Waals surface area contributed by atoms with Gasteiger partial charge >= 0.3 is 0 Å². The summed E-state index contributed by atoms with van der Waals surface area (Å²) in [6, 6.07) is 0.355. The molecular formula is C13H29NO3. The normalized spacial score (nSPS) is 13.2. The van der Waals surface area contributed by atoms with E-state index >= 15 is 0 Å². The monoisotopic (exact) mass is 247 g/mol. The van der Waals surface area contributed by atoms with Crippen LogP contribution in [0.4, 0.5) is 0 Å². The van der Waals surface area contributed by atoms with E-state index in [2.05, 4.69) is 18.7 Å². The fourth-order valence-electron chi connectivity index (χ4n) is 1.77. The van der Waals surface area contributed by atoms with Crippen molar-refractivity contribution in [2.45, 2.75) is 32.7 Å².